The zero-order chi connectivity index (χ0) is 32.3. The van der Waals surface area contributed by atoms with Gasteiger partial charge in [-0.05, 0) is 31.2 Å². The van der Waals surface area contributed by atoms with Crippen molar-refractivity contribution >= 4 is 34.1 Å². The van der Waals surface area contributed by atoms with Crippen LogP contribution in [0.3, 0.4) is 0 Å². The topological polar surface area (TPSA) is 180 Å². The number of hydrogen-bond acceptors (Lipinski definition) is 13. The number of carbonyl (C=O) groups is 2. The van der Waals surface area contributed by atoms with E-state index in [1.807, 2.05) is 0 Å². The summed E-state index contributed by atoms with van der Waals surface area (Å²) in [5.41, 5.74) is 0.456. The maximum absolute atomic E-state index is 13.3. The standard InChI is InChI=1S/C15H10FN5O2.C14H10FN5O2S/c16-13-2-1-3-14(20-13)21-15(22)12-6-10(4-5-19-12)23-11-7-17-9-18-8-11;1-8-12(15)23-14(19-8)20-13(21)11-4-9(2-3-18-11)22-10-5-16-7-17-6-10/h1-9H,(H,20,21,22);2-7H,1H3,(H,19,20,21). The van der Waals surface area contributed by atoms with Gasteiger partial charge in [-0.1, -0.05) is 17.4 Å². The Balaban J connectivity index is 0.000000181. The molecule has 2 amide bonds. The summed E-state index contributed by atoms with van der Waals surface area (Å²) in [6.07, 6.45) is 11.6. The Hall–Kier alpha value is -6.36. The second-order valence-electron chi connectivity index (χ2n) is 8.74. The predicted molar refractivity (Wildman–Crippen MR) is 160 cm³/mol. The van der Waals surface area contributed by atoms with E-state index in [4.69, 9.17) is 9.47 Å². The SMILES string of the molecule is Cc1nc(NC(=O)c2cc(Oc3cncnc3)ccn2)sc1F.O=C(Nc1cccc(F)n1)c1cc(Oc2cncnc2)ccn1. The van der Waals surface area contributed by atoms with Crippen molar-refractivity contribution in [2.45, 2.75) is 6.92 Å². The lowest BCUT2D eigenvalue weighted by molar-refractivity contribution is 0.101. The Labute approximate surface area is 262 Å². The first-order chi connectivity index (χ1) is 22.3. The van der Waals surface area contributed by atoms with Crippen LogP contribution >= 0.6 is 11.3 Å². The molecule has 6 rings (SSSR count). The molecular formula is C29H20F2N10O4S. The van der Waals surface area contributed by atoms with Gasteiger partial charge in [-0.25, -0.2) is 29.9 Å². The second kappa shape index (κ2) is 14.9. The molecule has 0 atom stereocenters. The lowest BCUT2D eigenvalue weighted by Crippen LogP contribution is -2.14. The van der Waals surface area contributed by atoms with Crippen LogP contribution in [0.25, 0.3) is 0 Å². The van der Waals surface area contributed by atoms with Crippen LogP contribution in [-0.4, -0.2) is 51.7 Å². The Morgan fingerprint density at radius 3 is 1.76 bits per heavy atom. The molecule has 0 spiro atoms. The van der Waals surface area contributed by atoms with Crippen molar-refractivity contribution in [3.8, 4) is 23.0 Å². The molecular weight excluding hydrogens is 622 g/mol. The van der Waals surface area contributed by atoms with Crippen LogP contribution in [0.1, 0.15) is 26.7 Å². The normalized spacial score (nSPS) is 10.2. The monoisotopic (exact) mass is 642 g/mol. The van der Waals surface area contributed by atoms with E-state index in [1.165, 1.54) is 87.1 Å². The summed E-state index contributed by atoms with van der Waals surface area (Å²) < 4.78 is 37.3. The van der Waals surface area contributed by atoms with E-state index < -0.39 is 22.9 Å². The van der Waals surface area contributed by atoms with Crippen LogP contribution in [0, 0.1) is 18.0 Å². The van der Waals surface area contributed by atoms with Gasteiger partial charge >= 0.3 is 0 Å². The molecule has 0 aliphatic heterocycles. The molecule has 0 fully saturated rings. The second-order valence-corrected chi connectivity index (χ2v) is 9.69. The number of aryl methyl sites for hydroxylation is 1. The van der Waals surface area contributed by atoms with Crippen molar-refractivity contribution in [2.24, 2.45) is 0 Å². The summed E-state index contributed by atoms with van der Waals surface area (Å²) in [6.45, 7) is 1.52. The fourth-order valence-electron chi connectivity index (χ4n) is 3.40. The van der Waals surface area contributed by atoms with Gasteiger partial charge in [0.15, 0.2) is 16.6 Å². The molecule has 0 radical (unpaired) electrons. The summed E-state index contributed by atoms with van der Waals surface area (Å²) in [5.74, 6) is 0.0380. The number of anilines is 2. The van der Waals surface area contributed by atoms with E-state index in [9.17, 15) is 18.4 Å². The van der Waals surface area contributed by atoms with Crippen molar-refractivity contribution in [2.75, 3.05) is 10.6 Å². The van der Waals surface area contributed by atoms with Gasteiger partial charge in [-0.3, -0.25) is 24.9 Å². The van der Waals surface area contributed by atoms with Crippen LogP contribution in [0.2, 0.25) is 0 Å². The lowest BCUT2D eigenvalue weighted by Gasteiger charge is -2.07. The highest BCUT2D eigenvalue weighted by Crippen LogP contribution is 2.23. The molecule has 0 bridgehead atoms. The summed E-state index contributed by atoms with van der Waals surface area (Å²) >= 11 is 0.759. The smallest absolute Gasteiger partial charge is 0.276 e. The Morgan fingerprint density at radius 1 is 0.717 bits per heavy atom. The average Bonchev–Trinajstić information content (AvgIpc) is 3.38. The number of carbonyl (C=O) groups excluding carboxylic acids is 2. The van der Waals surface area contributed by atoms with Crippen molar-refractivity contribution in [1.82, 2.24) is 39.9 Å². The van der Waals surface area contributed by atoms with Crippen molar-refractivity contribution in [1.29, 1.82) is 0 Å². The fraction of sp³-hybridized carbons (Fsp3) is 0.0345. The first-order valence-corrected chi connectivity index (χ1v) is 13.8. The third-order valence-electron chi connectivity index (χ3n) is 5.39. The van der Waals surface area contributed by atoms with Crippen molar-refractivity contribution < 1.29 is 27.8 Å². The number of aromatic nitrogens is 8. The van der Waals surface area contributed by atoms with Gasteiger partial charge in [-0.2, -0.15) is 8.78 Å². The molecule has 6 heterocycles. The zero-order valence-corrected chi connectivity index (χ0v) is 24.4. The minimum absolute atomic E-state index is 0.0968. The summed E-state index contributed by atoms with van der Waals surface area (Å²) in [7, 11) is 0. The van der Waals surface area contributed by atoms with E-state index >= 15 is 0 Å². The molecule has 0 aliphatic carbocycles. The number of hydrogen-bond donors (Lipinski definition) is 2. The van der Waals surface area contributed by atoms with E-state index in [0.29, 0.717) is 23.0 Å². The van der Waals surface area contributed by atoms with E-state index in [1.54, 1.807) is 12.1 Å². The molecule has 0 aromatic carbocycles. The number of pyridine rings is 3. The maximum atomic E-state index is 13.3. The van der Waals surface area contributed by atoms with Crippen LogP contribution in [0.4, 0.5) is 19.7 Å². The van der Waals surface area contributed by atoms with Gasteiger partial charge in [0.2, 0.25) is 11.1 Å². The van der Waals surface area contributed by atoms with Gasteiger partial charge in [-0.15, -0.1) is 0 Å². The van der Waals surface area contributed by atoms with Gasteiger partial charge in [0.1, 0.15) is 41.4 Å². The molecule has 0 unspecified atom stereocenters. The van der Waals surface area contributed by atoms with Crippen molar-refractivity contribution in [3.63, 3.8) is 0 Å². The Morgan fingerprint density at radius 2 is 1.26 bits per heavy atom. The number of rotatable bonds is 8. The van der Waals surface area contributed by atoms with E-state index in [2.05, 4.69) is 50.5 Å². The number of halogens is 2. The van der Waals surface area contributed by atoms with Crippen molar-refractivity contribution in [3.05, 3.63) is 120 Å². The largest absolute Gasteiger partial charge is 0.454 e. The summed E-state index contributed by atoms with van der Waals surface area (Å²) in [6, 6.07) is 10.2. The van der Waals surface area contributed by atoms with Gasteiger partial charge in [0.25, 0.3) is 11.8 Å². The lowest BCUT2D eigenvalue weighted by atomic mass is 10.3. The third-order valence-corrected chi connectivity index (χ3v) is 6.25. The summed E-state index contributed by atoms with van der Waals surface area (Å²) in [5, 5.41) is 4.69. The van der Waals surface area contributed by atoms with Crippen LogP contribution in [-0.2, 0) is 0 Å². The minimum atomic E-state index is -0.683. The number of amides is 2. The minimum Gasteiger partial charge on any atom is -0.454 e. The number of nitrogens with zero attached hydrogens (tertiary/aromatic N) is 8. The number of ether oxygens (including phenoxy) is 2. The van der Waals surface area contributed by atoms with Crippen LogP contribution < -0.4 is 20.1 Å². The molecule has 17 heteroatoms. The highest BCUT2D eigenvalue weighted by atomic mass is 32.1. The Bertz CT molecular complexity index is 1930. The molecule has 6 aromatic rings. The maximum Gasteiger partial charge on any atom is 0.276 e. The quantitative estimate of drug-likeness (QED) is 0.206. The van der Waals surface area contributed by atoms with Gasteiger partial charge in [0.05, 0.1) is 30.5 Å². The zero-order valence-electron chi connectivity index (χ0n) is 23.5. The van der Waals surface area contributed by atoms with Gasteiger partial charge < -0.3 is 14.8 Å². The first kappa shape index (κ1) is 31.1. The first-order valence-electron chi connectivity index (χ1n) is 13.0. The van der Waals surface area contributed by atoms with E-state index in [-0.39, 0.29) is 28.0 Å². The third kappa shape index (κ3) is 8.83. The highest BCUT2D eigenvalue weighted by Gasteiger charge is 2.14. The predicted octanol–water partition coefficient (Wildman–Crippen LogP) is 5.27. The molecule has 14 nitrogen and oxygen atoms in total. The average molecular weight is 643 g/mol. The number of thiazole rings is 1. The molecule has 2 N–H and O–H groups in total. The molecule has 0 aliphatic rings. The molecule has 0 saturated heterocycles. The summed E-state index contributed by atoms with van der Waals surface area (Å²) in [4.78, 5) is 54.9. The molecule has 46 heavy (non-hydrogen) atoms. The Kier molecular flexibility index (Phi) is 10.1. The molecule has 230 valence electrons. The van der Waals surface area contributed by atoms with Gasteiger partial charge in [0, 0.05) is 24.5 Å². The fourth-order valence-corrected chi connectivity index (χ4v) is 4.09. The molecule has 6 aromatic heterocycles. The number of nitrogens with one attached hydrogen (secondary N) is 2. The molecule has 0 saturated carbocycles. The van der Waals surface area contributed by atoms with Crippen LogP contribution in [0.5, 0.6) is 23.0 Å². The van der Waals surface area contributed by atoms with Crippen LogP contribution in [0.15, 0.2) is 92.3 Å². The van der Waals surface area contributed by atoms with E-state index in [0.717, 1.165) is 11.3 Å². The highest BCUT2D eigenvalue weighted by molar-refractivity contribution is 7.14.